The topological polar surface area (TPSA) is 103 Å². The first-order valence-electron chi connectivity index (χ1n) is 17.4. The van der Waals surface area contributed by atoms with Gasteiger partial charge in [-0.3, -0.25) is 4.79 Å². The molecule has 3 fully saturated rings. The summed E-state index contributed by atoms with van der Waals surface area (Å²) in [5.74, 6) is 0.639. The summed E-state index contributed by atoms with van der Waals surface area (Å²) >= 11 is 0. The van der Waals surface area contributed by atoms with Gasteiger partial charge >= 0.3 is 6.03 Å². The third-order valence-electron chi connectivity index (χ3n) is 10.5. The number of hydrogen-bond donors (Lipinski definition) is 3. The third kappa shape index (κ3) is 7.53. The van der Waals surface area contributed by atoms with Gasteiger partial charge in [-0.2, -0.15) is 0 Å². The number of nitrogens with one attached hydrogen (secondary N) is 2. The number of morpholine rings is 1. The van der Waals surface area contributed by atoms with Crippen molar-refractivity contribution in [2.24, 2.45) is 5.41 Å². The molecule has 0 unspecified atom stereocenters. The van der Waals surface area contributed by atoms with E-state index < -0.39 is 18.2 Å². The van der Waals surface area contributed by atoms with Crippen molar-refractivity contribution in [3.8, 4) is 5.75 Å². The Bertz CT molecular complexity index is 1360. The van der Waals surface area contributed by atoms with Crippen LogP contribution in [0, 0.1) is 5.41 Å². The van der Waals surface area contributed by atoms with Crippen LogP contribution in [-0.4, -0.2) is 90.0 Å². The van der Waals surface area contributed by atoms with E-state index in [4.69, 9.17) is 9.47 Å². The molecule has 250 valence electrons. The minimum absolute atomic E-state index is 0.0221. The van der Waals surface area contributed by atoms with Crippen LogP contribution in [0.4, 0.5) is 4.79 Å². The SMILES string of the molecule is CCc1ccc2c(c1)[C@@H](NC[C@H](O)[C@H](Cc1ccccc1)NC(=O)[C@H]1CN(C(=O)N3CCCC(C)(C)C3)CCO1)CC1(CCC1)O2. The van der Waals surface area contributed by atoms with Crippen LogP contribution in [0.5, 0.6) is 5.75 Å². The van der Waals surface area contributed by atoms with Crippen molar-refractivity contribution in [3.05, 3.63) is 65.2 Å². The quantitative estimate of drug-likeness (QED) is 0.373. The molecule has 2 aromatic carbocycles. The predicted octanol–water partition coefficient (Wildman–Crippen LogP) is 4.62. The summed E-state index contributed by atoms with van der Waals surface area (Å²) in [6.07, 6.45) is 6.00. The van der Waals surface area contributed by atoms with Gasteiger partial charge in [0.25, 0.3) is 5.91 Å². The molecule has 3 amide bonds. The molecule has 3 heterocycles. The second-order valence-electron chi connectivity index (χ2n) is 14.7. The van der Waals surface area contributed by atoms with Crippen LogP contribution >= 0.6 is 0 Å². The minimum atomic E-state index is -0.848. The Hall–Kier alpha value is -3.14. The van der Waals surface area contributed by atoms with E-state index in [2.05, 4.69) is 49.6 Å². The number of aryl methyl sites for hydroxylation is 1. The van der Waals surface area contributed by atoms with E-state index in [1.54, 1.807) is 4.90 Å². The third-order valence-corrected chi connectivity index (χ3v) is 10.5. The molecule has 4 atom stereocenters. The number of carbonyl (C=O) groups is 2. The molecule has 0 aromatic heterocycles. The van der Waals surface area contributed by atoms with Crippen LogP contribution in [0.3, 0.4) is 0 Å². The molecule has 1 spiro atoms. The zero-order valence-electron chi connectivity index (χ0n) is 27.8. The number of rotatable bonds is 9. The van der Waals surface area contributed by atoms with E-state index in [0.717, 1.165) is 68.5 Å². The van der Waals surface area contributed by atoms with Gasteiger partial charge in [0.2, 0.25) is 0 Å². The molecule has 2 saturated heterocycles. The molecule has 0 bridgehead atoms. The standard InChI is InChI=1S/C37H52N4O5/c1-4-26-12-13-32-28(20-26)30(22-37(46-32)15-8-16-37)38-23-31(42)29(21-27-10-6-5-7-11-27)39-34(43)33-24-40(18-19-45-33)35(44)41-17-9-14-36(2,3)25-41/h5-7,10-13,20,29-31,33,38,42H,4,8-9,14-19,21-25H2,1-3H3,(H,39,43)/t29-,30-,31-,33+/m0/s1. The van der Waals surface area contributed by atoms with E-state index in [9.17, 15) is 14.7 Å². The van der Waals surface area contributed by atoms with Gasteiger partial charge in [0.05, 0.1) is 25.3 Å². The van der Waals surface area contributed by atoms with E-state index >= 15 is 0 Å². The fraction of sp³-hybridized carbons (Fsp3) is 0.622. The highest BCUT2D eigenvalue weighted by molar-refractivity contribution is 5.83. The molecule has 46 heavy (non-hydrogen) atoms. The molecular formula is C37H52N4O5. The van der Waals surface area contributed by atoms with Crippen molar-refractivity contribution in [2.45, 2.75) is 102 Å². The zero-order valence-corrected chi connectivity index (χ0v) is 27.8. The Kier molecular flexibility index (Phi) is 9.92. The lowest BCUT2D eigenvalue weighted by Gasteiger charge is -2.48. The van der Waals surface area contributed by atoms with Gasteiger partial charge in [0, 0.05) is 44.2 Å². The molecule has 6 rings (SSSR count). The number of nitrogens with zero attached hydrogens (tertiary/aromatic N) is 2. The predicted molar refractivity (Wildman–Crippen MR) is 178 cm³/mol. The Labute approximate surface area is 274 Å². The fourth-order valence-electron chi connectivity index (χ4n) is 7.60. The Morgan fingerprint density at radius 3 is 2.54 bits per heavy atom. The van der Waals surface area contributed by atoms with Crippen molar-refractivity contribution in [2.75, 3.05) is 39.3 Å². The number of amides is 3. The molecule has 9 nitrogen and oxygen atoms in total. The van der Waals surface area contributed by atoms with Crippen molar-refractivity contribution in [1.29, 1.82) is 0 Å². The second kappa shape index (κ2) is 13.9. The molecule has 3 N–H and O–H groups in total. The van der Waals surface area contributed by atoms with Crippen LogP contribution in [0.25, 0.3) is 0 Å². The monoisotopic (exact) mass is 632 g/mol. The number of fused-ring (bicyclic) bond motifs is 1. The first kappa shape index (κ1) is 32.8. The van der Waals surface area contributed by atoms with Crippen LogP contribution in [0.2, 0.25) is 0 Å². The summed E-state index contributed by atoms with van der Waals surface area (Å²) in [4.78, 5) is 30.8. The maximum atomic E-state index is 13.7. The fourth-order valence-corrected chi connectivity index (χ4v) is 7.60. The van der Waals surface area contributed by atoms with E-state index in [-0.39, 0.29) is 35.5 Å². The number of hydrogen-bond acceptors (Lipinski definition) is 6. The van der Waals surface area contributed by atoms with Gasteiger partial charge in [-0.1, -0.05) is 63.2 Å². The molecule has 1 saturated carbocycles. The van der Waals surface area contributed by atoms with Gasteiger partial charge in [0.15, 0.2) is 6.10 Å². The lowest BCUT2D eigenvalue weighted by molar-refractivity contribution is -0.139. The average molecular weight is 633 g/mol. The largest absolute Gasteiger partial charge is 0.487 e. The Balaban J connectivity index is 1.12. The molecular weight excluding hydrogens is 580 g/mol. The molecule has 1 aliphatic carbocycles. The van der Waals surface area contributed by atoms with Crippen LogP contribution in [0.1, 0.15) is 82.0 Å². The van der Waals surface area contributed by atoms with E-state index in [1.807, 2.05) is 35.2 Å². The first-order chi connectivity index (χ1) is 22.1. The van der Waals surface area contributed by atoms with Gasteiger partial charge in [-0.15, -0.1) is 0 Å². The van der Waals surface area contributed by atoms with E-state index in [1.165, 1.54) is 12.0 Å². The lowest BCUT2D eigenvalue weighted by atomic mass is 9.72. The summed E-state index contributed by atoms with van der Waals surface area (Å²) < 4.78 is 12.4. The Morgan fingerprint density at radius 1 is 1.02 bits per heavy atom. The van der Waals surface area contributed by atoms with Crippen LogP contribution in [0.15, 0.2) is 48.5 Å². The molecule has 9 heteroatoms. The molecule has 3 aliphatic heterocycles. The van der Waals surface area contributed by atoms with Crippen LogP contribution in [-0.2, 0) is 22.4 Å². The summed E-state index contributed by atoms with van der Waals surface area (Å²) in [7, 11) is 0. The highest BCUT2D eigenvalue weighted by atomic mass is 16.5. The molecule has 2 aromatic rings. The summed E-state index contributed by atoms with van der Waals surface area (Å²) in [5.41, 5.74) is 3.39. The van der Waals surface area contributed by atoms with Crippen molar-refractivity contribution >= 4 is 11.9 Å². The number of ether oxygens (including phenoxy) is 2. The Morgan fingerprint density at radius 2 is 1.83 bits per heavy atom. The number of benzene rings is 2. The van der Waals surface area contributed by atoms with Gasteiger partial charge < -0.3 is 35.0 Å². The lowest BCUT2D eigenvalue weighted by Crippen LogP contribution is -2.59. The maximum absolute atomic E-state index is 13.7. The summed E-state index contributed by atoms with van der Waals surface area (Å²) in [5, 5.41) is 18.4. The summed E-state index contributed by atoms with van der Waals surface area (Å²) in [6, 6.07) is 15.9. The first-order valence-corrected chi connectivity index (χ1v) is 17.4. The number of urea groups is 1. The number of aliphatic hydroxyl groups is 1. The second-order valence-corrected chi connectivity index (χ2v) is 14.7. The van der Waals surface area contributed by atoms with E-state index in [0.29, 0.717) is 26.1 Å². The summed E-state index contributed by atoms with van der Waals surface area (Å²) in [6.45, 7) is 9.30. The smallest absolute Gasteiger partial charge is 0.320 e. The van der Waals surface area contributed by atoms with Gasteiger partial charge in [-0.05, 0) is 67.6 Å². The number of carbonyl (C=O) groups excluding carboxylic acids is 2. The van der Waals surface area contributed by atoms with Crippen molar-refractivity contribution in [1.82, 2.24) is 20.4 Å². The number of likely N-dealkylation sites (tertiary alicyclic amines) is 1. The normalized spacial score (nSPS) is 24.7. The average Bonchev–Trinajstić information content (AvgIpc) is 3.05. The van der Waals surface area contributed by atoms with Gasteiger partial charge in [-0.25, -0.2) is 4.79 Å². The van der Waals surface area contributed by atoms with Crippen molar-refractivity contribution in [3.63, 3.8) is 0 Å². The number of piperidine rings is 1. The maximum Gasteiger partial charge on any atom is 0.320 e. The zero-order chi connectivity index (χ0) is 32.3. The van der Waals surface area contributed by atoms with Crippen LogP contribution < -0.4 is 15.4 Å². The molecule has 0 radical (unpaired) electrons. The van der Waals surface area contributed by atoms with Crippen molar-refractivity contribution < 1.29 is 24.2 Å². The number of aliphatic hydroxyl groups excluding tert-OH is 1. The minimum Gasteiger partial charge on any atom is -0.487 e. The highest BCUT2D eigenvalue weighted by Crippen LogP contribution is 2.49. The highest BCUT2D eigenvalue weighted by Gasteiger charge is 2.46. The van der Waals surface area contributed by atoms with Gasteiger partial charge in [0.1, 0.15) is 11.4 Å². The molecule has 4 aliphatic rings.